The minimum Gasteiger partial charge on any atom is -0.467 e. The summed E-state index contributed by atoms with van der Waals surface area (Å²) >= 11 is 0. The normalized spacial score (nSPS) is 18.4. The van der Waals surface area contributed by atoms with E-state index in [4.69, 9.17) is 4.74 Å². The average molecular weight is 461 g/mol. The number of aryl methyl sites for hydroxylation is 2. The first-order valence-electron chi connectivity index (χ1n) is 11.3. The number of nitrogens with one attached hydrogen (secondary N) is 2. The van der Waals surface area contributed by atoms with Crippen molar-refractivity contribution in [2.75, 3.05) is 30.4 Å². The molecule has 0 spiro atoms. The standard InChI is InChI=1S/C24H28N8O2/c1-13-8-20(30-32-12-16(4)27-22(13)32)28-23(33)17-6-7-19(31-10-14(2)26-15(3)11-31)18-9-25-24(34-5)29-21(17)18/h6-9,12,14-15,26H,10-11H2,1-5H3,(H,28,30,33)/t14-,15+. The van der Waals surface area contributed by atoms with Gasteiger partial charge in [0.1, 0.15) is 0 Å². The maximum atomic E-state index is 13.4. The fraction of sp³-hybridized carbons (Fsp3) is 0.375. The molecule has 3 aromatic heterocycles. The molecule has 0 aliphatic carbocycles. The Kier molecular flexibility index (Phi) is 5.52. The van der Waals surface area contributed by atoms with E-state index in [1.165, 1.54) is 7.11 Å². The molecule has 0 radical (unpaired) electrons. The maximum absolute atomic E-state index is 13.4. The number of imidazole rings is 1. The van der Waals surface area contributed by atoms with Gasteiger partial charge in [-0.1, -0.05) is 0 Å². The molecule has 4 aromatic rings. The van der Waals surface area contributed by atoms with E-state index in [-0.39, 0.29) is 11.9 Å². The van der Waals surface area contributed by atoms with Gasteiger partial charge in [0, 0.05) is 42.4 Å². The Labute approximate surface area is 197 Å². The van der Waals surface area contributed by atoms with Crippen LogP contribution in [0.4, 0.5) is 11.5 Å². The van der Waals surface area contributed by atoms with Gasteiger partial charge in [-0.2, -0.15) is 4.98 Å². The number of piperazine rings is 1. The first-order chi connectivity index (χ1) is 16.3. The first kappa shape index (κ1) is 22.0. The molecule has 1 aliphatic heterocycles. The molecule has 5 rings (SSSR count). The molecule has 0 bridgehead atoms. The number of anilines is 2. The number of carbonyl (C=O) groups is 1. The average Bonchev–Trinajstić information content (AvgIpc) is 3.18. The van der Waals surface area contributed by atoms with Crippen LogP contribution in [0.2, 0.25) is 0 Å². The summed E-state index contributed by atoms with van der Waals surface area (Å²) in [5.41, 5.74) is 4.51. The van der Waals surface area contributed by atoms with E-state index in [0.29, 0.717) is 29.0 Å². The van der Waals surface area contributed by atoms with Gasteiger partial charge in [0.15, 0.2) is 11.5 Å². The largest absolute Gasteiger partial charge is 0.467 e. The lowest BCUT2D eigenvalue weighted by molar-refractivity contribution is 0.102. The molecule has 1 amide bonds. The van der Waals surface area contributed by atoms with Gasteiger partial charge in [-0.25, -0.2) is 14.5 Å². The van der Waals surface area contributed by atoms with Crippen LogP contribution in [0.1, 0.15) is 35.5 Å². The molecule has 10 heteroatoms. The monoisotopic (exact) mass is 460 g/mol. The third kappa shape index (κ3) is 4.01. The molecule has 2 atom stereocenters. The Hall–Kier alpha value is -3.79. The molecule has 1 saturated heterocycles. The molecule has 10 nitrogen and oxygen atoms in total. The van der Waals surface area contributed by atoms with Gasteiger partial charge in [-0.05, 0) is 51.5 Å². The third-order valence-electron chi connectivity index (χ3n) is 6.00. The number of benzene rings is 1. The summed E-state index contributed by atoms with van der Waals surface area (Å²) in [6.07, 6.45) is 3.56. The van der Waals surface area contributed by atoms with Gasteiger partial charge in [-0.3, -0.25) is 4.79 Å². The second-order valence-electron chi connectivity index (χ2n) is 8.94. The van der Waals surface area contributed by atoms with E-state index < -0.39 is 0 Å². The van der Waals surface area contributed by atoms with E-state index in [9.17, 15) is 4.79 Å². The molecule has 0 unspecified atom stereocenters. The van der Waals surface area contributed by atoms with Crippen LogP contribution in [0.3, 0.4) is 0 Å². The van der Waals surface area contributed by atoms with E-state index in [2.05, 4.69) is 49.4 Å². The number of amides is 1. The SMILES string of the molecule is COc1ncc2c(N3C[C@@H](C)N[C@@H](C)C3)ccc(C(=O)Nc3cc(C)c4nc(C)cn4n3)c2n1. The summed E-state index contributed by atoms with van der Waals surface area (Å²) < 4.78 is 6.94. The Morgan fingerprint density at radius 1 is 1.18 bits per heavy atom. The smallest absolute Gasteiger partial charge is 0.316 e. The predicted octanol–water partition coefficient (Wildman–Crippen LogP) is 2.74. The van der Waals surface area contributed by atoms with Crippen LogP contribution in [-0.4, -0.2) is 62.8 Å². The van der Waals surface area contributed by atoms with Gasteiger partial charge in [0.05, 0.1) is 30.1 Å². The van der Waals surface area contributed by atoms with E-state index in [1.54, 1.807) is 10.7 Å². The van der Waals surface area contributed by atoms with Crippen molar-refractivity contribution >= 4 is 34.0 Å². The Morgan fingerprint density at radius 2 is 1.94 bits per heavy atom. The highest BCUT2D eigenvalue weighted by molar-refractivity contribution is 6.13. The number of hydrogen-bond donors (Lipinski definition) is 2. The van der Waals surface area contributed by atoms with Crippen molar-refractivity contribution in [1.29, 1.82) is 0 Å². The first-order valence-corrected chi connectivity index (χ1v) is 11.3. The van der Waals surface area contributed by atoms with Crippen LogP contribution >= 0.6 is 0 Å². The zero-order valence-electron chi connectivity index (χ0n) is 20.0. The minimum absolute atomic E-state index is 0.213. The van der Waals surface area contributed by atoms with Gasteiger partial charge in [0.2, 0.25) is 0 Å². The molecular weight excluding hydrogens is 432 g/mol. The van der Waals surface area contributed by atoms with Crippen molar-refractivity contribution in [2.45, 2.75) is 39.8 Å². The summed E-state index contributed by atoms with van der Waals surface area (Å²) in [5.74, 6) is 0.137. The van der Waals surface area contributed by atoms with Crippen LogP contribution in [-0.2, 0) is 0 Å². The Bertz CT molecular complexity index is 1390. The maximum Gasteiger partial charge on any atom is 0.316 e. The van der Waals surface area contributed by atoms with Crippen molar-refractivity contribution < 1.29 is 9.53 Å². The lowest BCUT2D eigenvalue weighted by atomic mass is 10.0. The zero-order valence-corrected chi connectivity index (χ0v) is 20.0. The molecule has 176 valence electrons. The van der Waals surface area contributed by atoms with Crippen molar-refractivity contribution in [1.82, 2.24) is 29.9 Å². The topological polar surface area (TPSA) is 110 Å². The molecule has 1 aliphatic rings. The van der Waals surface area contributed by atoms with Crippen molar-refractivity contribution in [3.05, 3.63) is 47.4 Å². The lowest BCUT2D eigenvalue weighted by Crippen LogP contribution is -2.54. The highest BCUT2D eigenvalue weighted by atomic mass is 16.5. The van der Waals surface area contributed by atoms with E-state index in [0.717, 1.165) is 41.1 Å². The Morgan fingerprint density at radius 3 is 2.68 bits per heavy atom. The summed E-state index contributed by atoms with van der Waals surface area (Å²) in [5, 5.41) is 11.8. The van der Waals surface area contributed by atoms with Crippen LogP contribution in [0, 0.1) is 13.8 Å². The molecule has 0 saturated carbocycles. The van der Waals surface area contributed by atoms with Crippen LogP contribution in [0.25, 0.3) is 16.6 Å². The second-order valence-corrected chi connectivity index (χ2v) is 8.94. The molecule has 34 heavy (non-hydrogen) atoms. The number of fused-ring (bicyclic) bond motifs is 2. The Balaban J connectivity index is 1.54. The van der Waals surface area contributed by atoms with Crippen LogP contribution < -0.4 is 20.3 Å². The number of methoxy groups -OCH3 is 1. The van der Waals surface area contributed by atoms with E-state index >= 15 is 0 Å². The molecule has 1 aromatic carbocycles. The number of carbonyl (C=O) groups excluding carboxylic acids is 1. The second kappa shape index (κ2) is 8.53. The fourth-order valence-electron chi connectivity index (χ4n) is 4.66. The van der Waals surface area contributed by atoms with Gasteiger partial charge in [-0.15, -0.1) is 5.10 Å². The molecule has 4 heterocycles. The predicted molar refractivity (Wildman–Crippen MR) is 131 cm³/mol. The number of aromatic nitrogens is 5. The summed E-state index contributed by atoms with van der Waals surface area (Å²) in [6.45, 7) is 9.89. The molecular formula is C24H28N8O2. The van der Waals surface area contributed by atoms with Crippen LogP contribution in [0.15, 0.2) is 30.6 Å². The number of hydrogen-bond acceptors (Lipinski definition) is 8. The quantitative estimate of drug-likeness (QED) is 0.478. The minimum atomic E-state index is -0.303. The molecule has 2 N–H and O–H groups in total. The fourth-order valence-corrected chi connectivity index (χ4v) is 4.66. The zero-order chi connectivity index (χ0) is 24.0. The number of nitrogens with zero attached hydrogens (tertiary/aromatic N) is 6. The molecule has 1 fully saturated rings. The van der Waals surface area contributed by atoms with Crippen molar-refractivity contribution in [2.24, 2.45) is 0 Å². The number of rotatable bonds is 4. The highest BCUT2D eigenvalue weighted by Gasteiger charge is 2.25. The van der Waals surface area contributed by atoms with Crippen LogP contribution in [0.5, 0.6) is 6.01 Å². The lowest BCUT2D eigenvalue weighted by Gasteiger charge is -2.38. The van der Waals surface area contributed by atoms with Crippen molar-refractivity contribution in [3.8, 4) is 6.01 Å². The summed E-state index contributed by atoms with van der Waals surface area (Å²) in [4.78, 5) is 29.0. The van der Waals surface area contributed by atoms with Gasteiger partial charge in [0.25, 0.3) is 5.91 Å². The highest BCUT2D eigenvalue weighted by Crippen LogP contribution is 2.31. The van der Waals surface area contributed by atoms with E-state index in [1.807, 2.05) is 38.2 Å². The van der Waals surface area contributed by atoms with Crippen molar-refractivity contribution in [3.63, 3.8) is 0 Å². The third-order valence-corrected chi connectivity index (χ3v) is 6.00. The van der Waals surface area contributed by atoms with Gasteiger partial charge < -0.3 is 20.3 Å². The van der Waals surface area contributed by atoms with Gasteiger partial charge >= 0.3 is 6.01 Å². The summed E-state index contributed by atoms with van der Waals surface area (Å²) in [6, 6.07) is 6.50. The summed E-state index contributed by atoms with van der Waals surface area (Å²) in [7, 11) is 1.51. The number of ether oxygens (including phenoxy) is 1.